The van der Waals surface area contributed by atoms with Crippen LogP contribution in [-0.2, 0) is 6.54 Å². The zero-order chi connectivity index (χ0) is 13.5. The third-order valence-corrected chi connectivity index (χ3v) is 3.28. The molecule has 0 atom stereocenters. The van der Waals surface area contributed by atoms with Gasteiger partial charge in [-0.25, -0.2) is 9.97 Å². The summed E-state index contributed by atoms with van der Waals surface area (Å²) in [4.78, 5) is 8.22. The van der Waals surface area contributed by atoms with Gasteiger partial charge in [0.2, 0.25) is 0 Å². The van der Waals surface area contributed by atoms with E-state index in [1.165, 1.54) is 6.33 Å². The maximum absolute atomic E-state index is 8.75. The van der Waals surface area contributed by atoms with Crippen molar-refractivity contribution < 1.29 is 5.11 Å². The number of nitrogens with zero attached hydrogens (tertiary/aromatic N) is 2. The van der Waals surface area contributed by atoms with E-state index in [-0.39, 0.29) is 6.61 Å². The fraction of sp³-hybridized carbons (Fsp3) is 0.231. The molecule has 2 aromatic rings. The second-order valence-electron chi connectivity index (χ2n) is 3.88. The van der Waals surface area contributed by atoms with Crippen LogP contribution in [0.3, 0.4) is 0 Å². The molecule has 0 bridgehead atoms. The third-order valence-electron chi connectivity index (χ3n) is 2.50. The van der Waals surface area contributed by atoms with Crippen molar-refractivity contribution in [3.63, 3.8) is 0 Å². The molecule has 3 N–H and O–H groups in total. The number of anilines is 2. The van der Waals surface area contributed by atoms with Gasteiger partial charge in [-0.3, -0.25) is 0 Å². The normalized spacial score (nSPS) is 10.2. The molecule has 0 saturated carbocycles. The Morgan fingerprint density at radius 2 is 1.84 bits per heavy atom. The molecular weight excluding hydrogens is 308 g/mol. The van der Waals surface area contributed by atoms with Gasteiger partial charge in [0.1, 0.15) is 18.0 Å². The Morgan fingerprint density at radius 3 is 2.58 bits per heavy atom. The maximum Gasteiger partial charge on any atom is 0.131 e. The van der Waals surface area contributed by atoms with Crippen LogP contribution in [0.1, 0.15) is 5.56 Å². The summed E-state index contributed by atoms with van der Waals surface area (Å²) in [6, 6.07) is 9.84. The van der Waals surface area contributed by atoms with Gasteiger partial charge in [0.05, 0.1) is 6.61 Å². The average molecular weight is 323 g/mol. The lowest BCUT2D eigenvalue weighted by atomic mass is 10.2. The highest BCUT2D eigenvalue weighted by Crippen LogP contribution is 2.17. The highest BCUT2D eigenvalue weighted by Gasteiger charge is 2.01. The quantitative estimate of drug-likeness (QED) is 0.761. The second kappa shape index (κ2) is 7.06. The fourth-order valence-electron chi connectivity index (χ4n) is 1.56. The van der Waals surface area contributed by atoms with Gasteiger partial charge in [-0.15, -0.1) is 0 Å². The lowest BCUT2D eigenvalue weighted by Gasteiger charge is -2.09. The smallest absolute Gasteiger partial charge is 0.131 e. The summed E-state index contributed by atoms with van der Waals surface area (Å²) in [7, 11) is 0. The van der Waals surface area contributed by atoms with Gasteiger partial charge in [0.15, 0.2) is 0 Å². The summed E-state index contributed by atoms with van der Waals surface area (Å²) in [6.07, 6.45) is 1.49. The van der Waals surface area contributed by atoms with Gasteiger partial charge in [0.25, 0.3) is 0 Å². The van der Waals surface area contributed by atoms with E-state index in [2.05, 4.69) is 36.5 Å². The first-order valence-corrected chi connectivity index (χ1v) is 6.73. The number of aliphatic hydroxyl groups excluding tert-OH is 1. The van der Waals surface area contributed by atoms with Crippen LogP contribution in [0.5, 0.6) is 0 Å². The minimum absolute atomic E-state index is 0.0731. The Bertz CT molecular complexity index is 536. The molecule has 1 aromatic carbocycles. The number of benzene rings is 1. The summed E-state index contributed by atoms with van der Waals surface area (Å²) in [5, 5.41) is 15.0. The standard InChI is InChI=1S/C13H15BrN4O/c14-11-4-2-1-3-10(11)8-16-13-7-12(15-5-6-19)17-9-18-13/h1-4,7,9,19H,5-6,8H2,(H2,15,16,17,18). The largest absolute Gasteiger partial charge is 0.395 e. The Kier molecular flexibility index (Phi) is 5.11. The molecule has 6 heteroatoms. The Balaban J connectivity index is 1.98. The van der Waals surface area contributed by atoms with Crippen LogP contribution in [0, 0.1) is 0 Å². The lowest BCUT2D eigenvalue weighted by Crippen LogP contribution is -2.08. The van der Waals surface area contributed by atoms with Crippen molar-refractivity contribution in [3.8, 4) is 0 Å². The minimum Gasteiger partial charge on any atom is -0.395 e. The monoisotopic (exact) mass is 322 g/mol. The van der Waals surface area contributed by atoms with E-state index in [1.54, 1.807) is 0 Å². The summed E-state index contributed by atoms with van der Waals surface area (Å²) < 4.78 is 1.06. The van der Waals surface area contributed by atoms with Crippen molar-refractivity contribution in [1.82, 2.24) is 9.97 Å². The van der Waals surface area contributed by atoms with Crippen LogP contribution in [-0.4, -0.2) is 28.2 Å². The SMILES string of the molecule is OCCNc1cc(NCc2ccccc2Br)ncn1. The van der Waals surface area contributed by atoms with Crippen LogP contribution in [0.25, 0.3) is 0 Å². The summed E-state index contributed by atoms with van der Waals surface area (Å²) in [5.74, 6) is 1.44. The first-order valence-electron chi connectivity index (χ1n) is 5.93. The van der Waals surface area contributed by atoms with Crippen molar-refractivity contribution in [1.29, 1.82) is 0 Å². The number of halogens is 1. The number of hydrogen-bond donors (Lipinski definition) is 3. The predicted molar refractivity (Wildman–Crippen MR) is 79.1 cm³/mol. The third kappa shape index (κ3) is 4.18. The Hall–Kier alpha value is -1.66. The number of nitrogens with one attached hydrogen (secondary N) is 2. The van der Waals surface area contributed by atoms with Crippen molar-refractivity contribution >= 4 is 27.6 Å². The topological polar surface area (TPSA) is 70.1 Å². The van der Waals surface area contributed by atoms with E-state index in [9.17, 15) is 0 Å². The zero-order valence-electron chi connectivity index (χ0n) is 10.3. The molecular formula is C13H15BrN4O. The minimum atomic E-state index is 0.0731. The molecule has 0 aliphatic rings. The predicted octanol–water partition coefficient (Wildman–Crippen LogP) is 2.26. The molecule has 2 rings (SSSR count). The number of rotatable bonds is 6. The Labute approximate surface area is 120 Å². The molecule has 0 fully saturated rings. The van der Waals surface area contributed by atoms with Crippen molar-refractivity contribution in [2.75, 3.05) is 23.8 Å². The van der Waals surface area contributed by atoms with Crippen LogP contribution in [0.4, 0.5) is 11.6 Å². The first kappa shape index (κ1) is 13.8. The van der Waals surface area contributed by atoms with Crippen LogP contribution in [0.15, 0.2) is 41.1 Å². The van der Waals surface area contributed by atoms with Crippen molar-refractivity contribution in [3.05, 3.63) is 46.7 Å². The van der Waals surface area contributed by atoms with Gasteiger partial charge in [0, 0.05) is 23.6 Å². The molecule has 0 amide bonds. The van der Waals surface area contributed by atoms with Crippen molar-refractivity contribution in [2.45, 2.75) is 6.54 Å². The van der Waals surface area contributed by atoms with Crippen LogP contribution >= 0.6 is 15.9 Å². The number of hydrogen-bond acceptors (Lipinski definition) is 5. The molecule has 1 heterocycles. The summed E-state index contributed by atoms with van der Waals surface area (Å²) in [5.41, 5.74) is 1.16. The summed E-state index contributed by atoms with van der Waals surface area (Å²) in [6.45, 7) is 1.22. The Morgan fingerprint density at radius 1 is 1.11 bits per heavy atom. The van der Waals surface area contributed by atoms with Crippen LogP contribution < -0.4 is 10.6 Å². The molecule has 0 unspecified atom stereocenters. The number of aliphatic hydroxyl groups is 1. The maximum atomic E-state index is 8.75. The van der Waals surface area contributed by atoms with E-state index in [0.29, 0.717) is 18.9 Å². The molecule has 0 aliphatic carbocycles. The fourth-order valence-corrected chi connectivity index (χ4v) is 1.99. The molecule has 100 valence electrons. The lowest BCUT2D eigenvalue weighted by molar-refractivity contribution is 0.311. The van der Waals surface area contributed by atoms with Gasteiger partial charge in [-0.2, -0.15) is 0 Å². The summed E-state index contributed by atoms with van der Waals surface area (Å²) >= 11 is 3.51. The van der Waals surface area contributed by atoms with Gasteiger partial charge < -0.3 is 15.7 Å². The molecule has 1 aromatic heterocycles. The van der Waals surface area contributed by atoms with E-state index in [0.717, 1.165) is 15.9 Å². The molecule has 19 heavy (non-hydrogen) atoms. The molecule has 5 nitrogen and oxygen atoms in total. The first-order chi connectivity index (χ1) is 9.29. The van der Waals surface area contributed by atoms with Gasteiger partial charge in [-0.05, 0) is 11.6 Å². The molecule has 0 spiro atoms. The molecule has 0 saturated heterocycles. The van der Waals surface area contributed by atoms with Crippen LogP contribution in [0.2, 0.25) is 0 Å². The van der Waals surface area contributed by atoms with Gasteiger partial charge in [-0.1, -0.05) is 34.1 Å². The van der Waals surface area contributed by atoms with E-state index < -0.39 is 0 Å². The van der Waals surface area contributed by atoms with E-state index in [4.69, 9.17) is 5.11 Å². The molecule has 0 aliphatic heterocycles. The highest BCUT2D eigenvalue weighted by molar-refractivity contribution is 9.10. The zero-order valence-corrected chi connectivity index (χ0v) is 11.9. The molecule has 0 radical (unpaired) electrons. The van der Waals surface area contributed by atoms with Gasteiger partial charge >= 0.3 is 0 Å². The van der Waals surface area contributed by atoms with Crippen molar-refractivity contribution in [2.24, 2.45) is 0 Å². The average Bonchev–Trinajstić information content (AvgIpc) is 2.45. The van der Waals surface area contributed by atoms with E-state index in [1.807, 2.05) is 30.3 Å². The highest BCUT2D eigenvalue weighted by atomic mass is 79.9. The number of aromatic nitrogens is 2. The van der Waals surface area contributed by atoms with E-state index >= 15 is 0 Å². The second-order valence-corrected chi connectivity index (χ2v) is 4.74.